The number of hydrogen-bond donors (Lipinski definition) is 1. The molecule has 0 aliphatic heterocycles. The first-order chi connectivity index (χ1) is 6.56. The molecule has 0 rings (SSSR count). The molecule has 2 atom stereocenters. The highest BCUT2D eigenvalue weighted by atomic mass is 35.5. The van der Waals surface area contributed by atoms with Gasteiger partial charge in [0.15, 0.2) is 6.29 Å². The molecule has 0 aromatic rings. The number of rotatable bonds is 7. The Labute approximate surface area is 91.3 Å². The summed E-state index contributed by atoms with van der Waals surface area (Å²) in [5.74, 6) is 0.619. The van der Waals surface area contributed by atoms with Crippen molar-refractivity contribution in [1.29, 1.82) is 0 Å². The lowest BCUT2D eigenvalue weighted by Crippen LogP contribution is -2.36. The van der Waals surface area contributed by atoms with Crippen molar-refractivity contribution in [3.8, 4) is 0 Å². The topological polar surface area (TPSA) is 38.7 Å². The number of aliphatic hydroxyl groups excluding tert-OH is 1. The zero-order valence-electron chi connectivity index (χ0n) is 9.37. The molecule has 0 aliphatic carbocycles. The molecule has 0 saturated carbocycles. The molecule has 1 N–H and O–H groups in total. The van der Waals surface area contributed by atoms with Crippen molar-refractivity contribution in [2.45, 2.75) is 32.7 Å². The summed E-state index contributed by atoms with van der Waals surface area (Å²) in [6, 6.07) is 0. The van der Waals surface area contributed by atoms with Gasteiger partial charge in [0, 0.05) is 26.0 Å². The predicted molar refractivity (Wildman–Crippen MR) is 57.5 cm³/mol. The van der Waals surface area contributed by atoms with E-state index in [1.54, 1.807) is 14.2 Å². The van der Waals surface area contributed by atoms with Gasteiger partial charge < -0.3 is 14.6 Å². The number of ether oxygens (including phenoxy) is 2. The summed E-state index contributed by atoms with van der Waals surface area (Å²) in [6.07, 6.45) is -0.129. The average Bonchev–Trinajstić information content (AvgIpc) is 2.16. The molecule has 0 unspecified atom stereocenters. The molecule has 3 nitrogen and oxygen atoms in total. The van der Waals surface area contributed by atoms with Crippen LogP contribution in [0.1, 0.15) is 20.3 Å². The van der Waals surface area contributed by atoms with Gasteiger partial charge in [0.1, 0.15) is 0 Å². The fourth-order valence-corrected chi connectivity index (χ4v) is 1.78. The van der Waals surface area contributed by atoms with Crippen molar-refractivity contribution < 1.29 is 14.6 Å². The van der Waals surface area contributed by atoms with Crippen molar-refractivity contribution in [1.82, 2.24) is 0 Å². The molecule has 0 fully saturated rings. The van der Waals surface area contributed by atoms with Crippen LogP contribution in [0.3, 0.4) is 0 Å². The maximum absolute atomic E-state index is 9.71. The van der Waals surface area contributed by atoms with E-state index in [1.165, 1.54) is 0 Å². The van der Waals surface area contributed by atoms with E-state index in [2.05, 4.69) is 13.8 Å². The van der Waals surface area contributed by atoms with Gasteiger partial charge in [0.2, 0.25) is 0 Å². The fourth-order valence-electron chi connectivity index (χ4n) is 1.55. The Morgan fingerprint density at radius 2 is 1.71 bits per heavy atom. The van der Waals surface area contributed by atoms with Gasteiger partial charge in [0.05, 0.1) is 6.10 Å². The van der Waals surface area contributed by atoms with Crippen LogP contribution in [-0.2, 0) is 9.47 Å². The third kappa shape index (κ3) is 4.60. The summed E-state index contributed by atoms with van der Waals surface area (Å²) in [5.41, 5.74) is 0. The van der Waals surface area contributed by atoms with E-state index in [9.17, 15) is 5.11 Å². The molecule has 0 aliphatic rings. The molecule has 86 valence electrons. The fraction of sp³-hybridized carbons (Fsp3) is 1.00. The first-order valence-corrected chi connectivity index (χ1v) is 5.39. The van der Waals surface area contributed by atoms with E-state index >= 15 is 0 Å². The molecule has 0 aromatic carbocycles. The molecule has 0 saturated heterocycles. The Balaban J connectivity index is 4.35. The van der Waals surface area contributed by atoms with Crippen LogP contribution in [0, 0.1) is 11.8 Å². The smallest absolute Gasteiger partial charge is 0.162 e. The Kier molecular flexibility index (Phi) is 7.55. The molecule has 0 radical (unpaired) electrons. The van der Waals surface area contributed by atoms with Crippen molar-refractivity contribution in [3.05, 3.63) is 0 Å². The highest BCUT2D eigenvalue weighted by molar-refractivity contribution is 6.18. The second-order valence-electron chi connectivity index (χ2n) is 3.85. The summed E-state index contributed by atoms with van der Waals surface area (Å²) in [6.45, 7) is 4.19. The van der Waals surface area contributed by atoms with E-state index in [4.69, 9.17) is 21.1 Å². The second-order valence-corrected chi connectivity index (χ2v) is 4.16. The normalized spacial score (nSPS) is 16.3. The molecule has 0 spiro atoms. The summed E-state index contributed by atoms with van der Waals surface area (Å²) in [4.78, 5) is 0. The molecular formula is C10H21ClO3. The number of halogens is 1. The van der Waals surface area contributed by atoms with E-state index in [-0.39, 0.29) is 18.1 Å². The lowest BCUT2D eigenvalue weighted by atomic mass is 9.92. The van der Waals surface area contributed by atoms with Crippen LogP contribution in [0.4, 0.5) is 0 Å². The molecule has 14 heavy (non-hydrogen) atoms. The third-order valence-corrected chi connectivity index (χ3v) is 2.53. The minimum atomic E-state index is -0.580. The molecule has 0 heterocycles. The van der Waals surface area contributed by atoms with E-state index in [1.807, 2.05) is 0 Å². The van der Waals surface area contributed by atoms with Crippen LogP contribution in [0.2, 0.25) is 0 Å². The number of aliphatic hydroxyl groups is 1. The second kappa shape index (κ2) is 7.46. The quantitative estimate of drug-likeness (QED) is 0.530. The van der Waals surface area contributed by atoms with Crippen molar-refractivity contribution >= 4 is 11.6 Å². The Bertz CT molecular complexity index is 137. The maximum Gasteiger partial charge on any atom is 0.162 e. The SMILES string of the molecule is COC(OC)[C@@H](CC(C)C)[C@@H](O)CCl. The van der Waals surface area contributed by atoms with Crippen molar-refractivity contribution in [3.63, 3.8) is 0 Å². The zero-order valence-corrected chi connectivity index (χ0v) is 10.1. The van der Waals surface area contributed by atoms with Gasteiger partial charge >= 0.3 is 0 Å². The number of methoxy groups -OCH3 is 2. The summed E-state index contributed by atoms with van der Waals surface area (Å²) in [5, 5.41) is 9.71. The van der Waals surface area contributed by atoms with Crippen LogP contribution in [0.15, 0.2) is 0 Å². The van der Waals surface area contributed by atoms with Crippen molar-refractivity contribution in [2.75, 3.05) is 20.1 Å². The summed E-state index contributed by atoms with van der Waals surface area (Å²) >= 11 is 5.63. The number of alkyl halides is 1. The highest BCUT2D eigenvalue weighted by Gasteiger charge is 2.28. The van der Waals surface area contributed by atoms with Gasteiger partial charge in [-0.05, 0) is 12.3 Å². The number of hydrogen-bond acceptors (Lipinski definition) is 3. The van der Waals surface area contributed by atoms with E-state index in [0.717, 1.165) is 6.42 Å². The van der Waals surface area contributed by atoms with Crippen LogP contribution in [0.5, 0.6) is 0 Å². The standard InChI is InChI=1S/C10H21ClO3/c1-7(2)5-8(9(12)6-11)10(13-3)14-4/h7-10,12H,5-6H2,1-4H3/t8-,9-/m0/s1. The van der Waals surface area contributed by atoms with Crippen molar-refractivity contribution in [2.24, 2.45) is 11.8 Å². The summed E-state index contributed by atoms with van der Waals surface area (Å²) in [7, 11) is 3.14. The molecular weight excluding hydrogens is 204 g/mol. The third-order valence-electron chi connectivity index (χ3n) is 2.21. The van der Waals surface area contributed by atoms with E-state index < -0.39 is 6.10 Å². The first-order valence-electron chi connectivity index (χ1n) is 4.86. The van der Waals surface area contributed by atoms with Crippen LogP contribution in [-0.4, -0.2) is 37.6 Å². The minimum Gasteiger partial charge on any atom is -0.391 e. The first kappa shape index (κ1) is 14.2. The van der Waals surface area contributed by atoms with Gasteiger partial charge in [-0.15, -0.1) is 11.6 Å². The van der Waals surface area contributed by atoms with Crippen LogP contribution in [0.25, 0.3) is 0 Å². The zero-order chi connectivity index (χ0) is 11.1. The van der Waals surface area contributed by atoms with E-state index in [0.29, 0.717) is 5.92 Å². The maximum atomic E-state index is 9.71. The van der Waals surface area contributed by atoms with Crippen LogP contribution < -0.4 is 0 Å². The summed E-state index contributed by atoms with van der Waals surface area (Å²) < 4.78 is 10.3. The average molecular weight is 225 g/mol. The lowest BCUT2D eigenvalue weighted by molar-refractivity contribution is -0.161. The van der Waals surface area contributed by atoms with Gasteiger partial charge in [-0.25, -0.2) is 0 Å². The minimum absolute atomic E-state index is 0.0671. The predicted octanol–water partition coefficient (Wildman–Crippen LogP) is 1.87. The molecule has 0 bridgehead atoms. The monoisotopic (exact) mass is 224 g/mol. The Morgan fingerprint density at radius 1 is 1.21 bits per heavy atom. The van der Waals surface area contributed by atoms with Gasteiger partial charge in [-0.3, -0.25) is 0 Å². The Morgan fingerprint density at radius 3 is 2.00 bits per heavy atom. The Hall–Kier alpha value is 0.170. The van der Waals surface area contributed by atoms with Crippen LogP contribution >= 0.6 is 11.6 Å². The molecule has 0 aromatic heterocycles. The lowest BCUT2D eigenvalue weighted by Gasteiger charge is -2.29. The molecule has 0 amide bonds. The van der Waals surface area contributed by atoms with Gasteiger partial charge in [0.25, 0.3) is 0 Å². The highest BCUT2D eigenvalue weighted by Crippen LogP contribution is 2.22. The largest absolute Gasteiger partial charge is 0.391 e. The van der Waals surface area contributed by atoms with Gasteiger partial charge in [-0.2, -0.15) is 0 Å². The van der Waals surface area contributed by atoms with Gasteiger partial charge in [-0.1, -0.05) is 13.8 Å². The molecule has 4 heteroatoms.